The van der Waals surface area contributed by atoms with Gasteiger partial charge < -0.3 is 0 Å². The summed E-state index contributed by atoms with van der Waals surface area (Å²) in [5, 5.41) is 8.57. The molecule has 2 fully saturated rings. The molecule has 1 heteroatoms. The second kappa shape index (κ2) is 10.7. The monoisotopic (exact) mass is 363 g/mol. The molecular weight excluding hydrogens is 326 g/mol. The normalized spacial score (nSPS) is 28.9. The van der Waals surface area contributed by atoms with Gasteiger partial charge in [-0.2, -0.15) is 5.26 Å². The van der Waals surface area contributed by atoms with Crippen molar-refractivity contribution in [1.29, 1.82) is 5.26 Å². The lowest BCUT2D eigenvalue weighted by Gasteiger charge is -2.38. The Morgan fingerprint density at radius 3 is 2.15 bits per heavy atom. The maximum Gasteiger partial charge on any atom is 0.0908 e. The molecule has 0 heterocycles. The van der Waals surface area contributed by atoms with Crippen molar-refractivity contribution in [3.05, 3.63) is 47.5 Å². The predicted octanol–water partition coefficient (Wildman–Crippen LogP) is 7.58. The number of aryl methyl sites for hydroxylation is 1. The molecule has 1 aromatic rings. The fraction of sp³-hybridized carbons (Fsp3) is 0.654. The van der Waals surface area contributed by atoms with E-state index >= 15 is 0 Å². The van der Waals surface area contributed by atoms with Crippen molar-refractivity contribution in [2.75, 3.05) is 0 Å². The van der Waals surface area contributed by atoms with Gasteiger partial charge in [0.2, 0.25) is 0 Å². The van der Waals surface area contributed by atoms with E-state index in [1.54, 1.807) is 11.6 Å². The number of benzene rings is 1. The minimum absolute atomic E-state index is 0.806. The molecule has 3 rings (SSSR count). The lowest BCUT2D eigenvalue weighted by atomic mass is 9.68. The van der Waals surface area contributed by atoms with E-state index in [1.807, 2.05) is 6.08 Å². The van der Waals surface area contributed by atoms with Crippen molar-refractivity contribution in [3.63, 3.8) is 0 Å². The summed E-state index contributed by atoms with van der Waals surface area (Å²) in [5.41, 5.74) is 3.08. The van der Waals surface area contributed by atoms with Crippen molar-refractivity contribution < 1.29 is 0 Å². The zero-order chi connectivity index (χ0) is 18.9. The molecule has 0 saturated heterocycles. The number of hydrogen-bond acceptors (Lipinski definition) is 1. The Kier molecular flexibility index (Phi) is 8.00. The third-order valence-electron chi connectivity index (χ3n) is 7.25. The lowest BCUT2D eigenvalue weighted by molar-refractivity contribution is 0.157. The Morgan fingerprint density at radius 2 is 1.56 bits per heavy atom. The Hall–Kier alpha value is -1.55. The van der Waals surface area contributed by atoms with Crippen LogP contribution in [0.25, 0.3) is 0 Å². The van der Waals surface area contributed by atoms with Gasteiger partial charge in [0.25, 0.3) is 0 Å². The van der Waals surface area contributed by atoms with Gasteiger partial charge in [-0.1, -0.05) is 56.5 Å². The minimum Gasteiger partial charge on any atom is -0.193 e. The van der Waals surface area contributed by atoms with Crippen molar-refractivity contribution in [3.8, 4) is 6.07 Å². The highest BCUT2D eigenvalue weighted by atomic mass is 14.4. The molecule has 0 atom stereocenters. The second-order valence-electron chi connectivity index (χ2n) is 8.99. The first-order valence-electron chi connectivity index (χ1n) is 11.4. The van der Waals surface area contributed by atoms with E-state index in [9.17, 15) is 0 Å². The maximum absolute atomic E-state index is 8.57. The Balaban J connectivity index is 1.39. The third kappa shape index (κ3) is 5.97. The molecule has 2 aliphatic carbocycles. The van der Waals surface area contributed by atoms with Gasteiger partial charge in [0.15, 0.2) is 0 Å². The van der Waals surface area contributed by atoms with E-state index in [0.29, 0.717) is 0 Å². The average molecular weight is 364 g/mol. The van der Waals surface area contributed by atoms with E-state index < -0.39 is 0 Å². The summed E-state index contributed by atoms with van der Waals surface area (Å²) < 4.78 is 0. The number of allylic oxidation sites excluding steroid dienone is 2. The average Bonchev–Trinajstić information content (AvgIpc) is 2.73. The van der Waals surface area contributed by atoms with E-state index in [4.69, 9.17) is 5.26 Å². The largest absolute Gasteiger partial charge is 0.193 e. The van der Waals surface area contributed by atoms with Crippen LogP contribution in [0.3, 0.4) is 0 Å². The molecule has 0 bridgehead atoms. The Bertz CT molecular complexity index is 605. The molecule has 146 valence electrons. The van der Waals surface area contributed by atoms with Gasteiger partial charge >= 0.3 is 0 Å². The van der Waals surface area contributed by atoms with Crippen LogP contribution < -0.4 is 0 Å². The highest BCUT2D eigenvalue weighted by Crippen LogP contribution is 2.44. The molecular formula is C26H37N. The van der Waals surface area contributed by atoms with E-state index in [0.717, 1.165) is 30.1 Å². The third-order valence-corrected chi connectivity index (χ3v) is 7.25. The molecule has 0 amide bonds. The van der Waals surface area contributed by atoms with Gasteiger partial charge in [0, 0.05) is 6.08 Å². The van der Waals surface area contributed by atoms with E-state index in [2.05, 4.69) is 37.3 Å². The SMILES string of the molecule is CCCc1ccc([C@H]2CC[C@H]([C@H]3CC[C@H](CCC=CC#N)CC3)CC2)cc1. The topological polar surface area (TPSA) is 23.8 Å². The molecule has 0 aromatic heterocycles. The fourth-order valence-electron chi connectivity index (χ4n) is 5.59. The van der Waals surface area contributed by atoms with E-state index in [-0.39, 0.29) is 0 Å². The highest BCUT2D eigenvalue weighted by Gasteiger charge is 2.31. The molecule has 1 nitrogen and oxygen atoms in total. The van der Waals surface area contributed by atoms with Crippen LogP contribution in [-0.4, -0.2) is 0 Å². The summed E-state index contributed by atoms with van der Waals surface area (Å²) in [7, 11) is 0. The molecule has 0 spiro atoms. The van der Waals surface area contributed by atoms with Crippen LogP contribution in [-0.2, 0) is 6.42 Å². The van der Waals surface area contributed by atoms with Gasteiger partial charge in [-0.3, -0.25) is 0 Å². The van der Waals surface area contributed by atoms with E-state index in [1.165, 1.54) is 76.2 Å². The van der Waals surface area contributed by atoms with Crippen molar-refractivity contribution in [2.45, 2.75) is 89.9 Å². The first-order valence-corrected chi connectivity index (χ1v) is 11.4. The standard InChI is InChI=1S/C26H37N/c1-2-6-21-8-12-23(13-9-21)25-16-18-26(19-17-25)24-14-10-22(11-15-24)7-4-3-5-20-27/h3,5,8-9,12-13,22,24-26H,2,4,6-7,10-11,14-19H2,1H3/t22-,24-,25-,26-. The highest BCUT2D eigenvalue weighted by molar-refractivity contribution is 5.26. The first kappa shape index (κ1) is 20.2. The van der Waals surface area contributed by atoms with Crippen LogP contribution in [0.15, 0.2) is 36.4 Å². The number of nitriles is 1. The maximum atomic E-state index is 8.57. The summed E-state index contributed by atoms with van der Waals surface area (Å²) >= 11 is 0. The van der Waals surface area contributed by atoms with Gasteiger partial charge in [-0.15, -0.1) is 0 Å². The molecule has 0 radical (unpaired) electrons. The zero-order valence-corrected chi connectivity index (χ0v) is 17.2. The second-order valence-corrected chi connectivity index (χ2v) is 8.99. The number of hydrogen-bond donors (Lipinski definition) is 0. The zero-order valence-electron chi connectivity index (χ0n) is 17.2. The Labute approximate surface area is 166 Å². The molecule has 27 heavy (non-hydrogen) atoms. The fourth-order valence-corrected chi connectivity index (χ4v) is 5.59. The predicted molar refractivity (Wildman–Crippen MR) is 115 cm³/mol. The molecule has 2 aliphatic rings. The van der Waals surface area contributed by atoms with Crippen LogP contribution >= 0.6 is 0 Å². The summed E-state index contributed by atoms with van der Waals surface area (Å²) in [6.45, 7) is 2.26. The Morgan fingerprint density at radius 1 is 0.926 bits per heavy atom. The molecule has 0 aliphatic heterocycles. The van der Waals surface area contributed by atoms with Gasteiger partial charge in [-0.25, -0.2) is 0 Å². The first-order chi connectivity index (χ1) is 13.3. The van der Waals surface area contributed by atoms with Crippen LogP contribution in [0, 0.1) is 29.1 Å². The van der Waals surface area contributed by atoms with Crippen LogP contribution in [0.1, 0.15) is 94.6 Å². The van der Waals surface area contributed by atoms with Gasteiger partial charge in [0.05, 0.1) is 6.07 Å². The van der Waals surface area contributed by atoms with Crippen LogP contribution in [0.2, 0.25) is 0 Å². The molecule has 0 N–H and O–H groups in total. The summed E-state index contributed by atoms with van der Waals surface area (Å²) in [4.78, 5) is 0. The molecule has 1 aromatic carbocycles. The molecule has 2 saturated carbocycles. The molecule has 0 unspecified atom stereocenters. The summed E-state index contributed by atoms with van der Waals surface area (Å²) in [6, 6.07) is 11.6. The van der Waals surface area contributed by atoms with Crippen molar-refractivity contribution >= 4 is 0 Å². The number of rotatable bonds is 7. The summed E-state index contributed by atoms with van der Waals surface area (Å²) in [6.07, 6.45) is 19.9. The lowest BCUT2D eigenvalue weighted by Crippen LogP contribution is -2.25. The number of nitrogens with zero attached hydrogens (tertiary/aromatic N) is 1. The van der Waals surface area contributed by atoms with Crippen LogP contribution in [0.4, 0.5) is 0 Å². The van der Waals surface area contributed by atoms with Gasteiger partial charge in [0.1, 0.15) is 0 Å². The van der Waals surface area contributed by atoms with Crippen molar-refractivity contribution in [1.82, 2.24) is 0 Å². The van der Waals surface area contributed by atoms with Gasteiger partial charge in [-0.05, 0) is 92.6 Å². The van der Waals surface area contributed by atoms with Crippen LogP contribution in [0.5, 0.6) is 0 Å². The summed E-state index contributed by atoms with van der Waals surface area (Å²) in [5.74, 6) is 3.69. The smallest absolute Gasteiger partial charge is 0.0908 e. The minimum atomic E-state index is 0.806. The quantitative estimate of drug-likeness (QED) is 0.458. The van der Waals surface area contributed by atoms with Crippen molar-refractivity contribution in [2.24, 2.45) is 17.8 Å².